The first-order valence-electron chi connectivity index (χ1n) is 13.5. The van der Waals surface area contributed by atoms with Crippen molar-refractivity contribution in [2.75, 3.05) is 27.0 Å². The molecule has 0 bridgehead atoms. The Bertz CT molecular complexity index is 969. The molecule has 0 amide bonds. The van der Waals surface area contributed by atoms with Crippen LogP contribution in [-0.4, -0.2) is 31.9 Å². The summed E-state index contributed by atoms with van der Waals surface area (Å²) in [6.45, 7) is 19.8. The van der Waals surface area contributed by atoms with Gasteiger partial charge in [0.25, 0.3) is 0 Å². The molecular formula is C31H48NO2P. The van der Waals surface area contributed by atoms with Crippen molar-refractivity contribution in [1.82, 2.24) is 4.90 Å². The Morgan fingerprint density at radius 3 is 2.14 bits per heavy atom. The van der Waals surface area contributed by atoms with E-state index < -0.39 is 0 Å². The molecule has 0 saturated carbocycles. The van der Waals surface area contributed by atoms with Crippen LogP contribution in [0.2, 0.25) is 0 Å². The normalized spacial score (nSPS) is 15.8. The van der Waals surface area contributed by atoms with Gasteiger partial charge in [-0.15, -0.1) is 0 Å². The quantitative estimate of drug-likeness (QED) is 0.249. The first-order chi connectivity index (χ1) is 16.6. The zero-order valence-corrected chi connectivity index (χ0v) is 24.5. The summed E-state index contributed by atoms with van der Waals surface area (Å²) in [6, 6.07) is 11.8. The summed E-state index contributed by atoms with van der Waals surface area (Å²) in [5.74, 6) is 1.03. The van der Waals surface area contributed by atoms with E-state index in [-0.39, 0.29) is 17.4 Å². The van der Waals surface area contributed by atoms with Gasteiger partial charge in [0.2, 0.25) is 0 Å². The Morgan fingerprint density at radius 1 is 0.886 bits per heavy atom. The van der Waals surface area contributed by atoms with Crippen LogP contribution in [0.15, 0.2) is 30.3 Å². The highest BCUT2D eigenvalue weighted by atomic mass is 31.1. The molecule has 1 aliphatic rings. The molecule has 194 valence electrons. The molecule has 0 N–H and O–H groups in total. The van der Waals surface area contributed by atoms with Gasteiger partial charge in [-0.2, -0.15) is 0 Å². The molecule has 1 unspecified atom stereocenters. The van der Waals surface area contributed by atoms with Gasteiger partial charge in [-0.05, 0) is 68.9 Å². The van der Waals surface area contributed by atoms with Crippen LogP contribution < -0.4 is 10.0 Å². The Labute approximate surface area is 216 Å². The van der Waals surface area contributed by atoms with E-state index in [2.05, 4.69) is 83.7 Å². The van der Waals surface area contributed by atoms with E-state index in [0.29, 0.717) is 8.58 Å². The Kier molecular flexibility index (Phi) is 9.83. The van der Waals surface area contributed by atoms with Crippen LogP contribution in [0.1, 0.15) is 94.5 Å². The van der Waals surface area contributed by atoms with Gasteiger partial charge >= 0.3 is 0 Å². The molecule has 1 atom stereocenters. The first-order valence-corrected chi connectivity index (χ1v) is 14.5. The number of benzene rings is 2. The van der Waals surface area contributed by atoms with E-state index >= 15 is 0 Å². The number of methoxy groups -OCH3 is 1. The molecule has 2 aromatic carbocycles. The van der Waals surface area contributed by atoms with Crippen molar-refractivity contribution in [3.05, 3.63) is 58.1 Å². The molecule has 1 heterocycles. The topological polar surface area (TPSA) is 21.7 Å². The van der Waals surface area contributed by atoms with Gasteiger partial charge in [-0.3, -0.25) is 4.90 Å². The summed E-state index contributed by atoms with van der Waals surface area (Å²) < 4.78 is 11.8. The van der Waals surface area contributed by atoms with Gasteiger partial charge < -0.3 is 9.47 Å². The standard InChI is InChI=1S/C31H48NO2P/c1-9-31(10-2,27-20-24(4)19-26(30(5,6)7)29(27)34-22-33-8)35-28-15-14-23(3)18-25(28)21-32-16-12-11-13-17-32/h14-15,18-20,35H,9-13,16-17,21-22H2,1-8H3. The molecule has 35 heavy (non-hydrogen) atoms. The predicted octanol–water partition coefficient (Wildman–Crippen LogP) is 7.59. The molecular weight excluding hydrogens is 449 g/mol. The maximum Gasteiger partial charge on any atom is 0.188 e. The van der Waals surface area contributed by atoms with Crippen LogP contribution in [-0.2, 0) is 21.9 Å². The van der Waals surface area contributed by atoms with Crippen molar-refractivity contribution in [3.8, 4) is 5.75 Å². The van der Waals surface area contributed by atoms with Crippen LogP contribution in [0, 0.1) is 13.8 Å². The zero-order valence-electron chi connectivity index (χ0n) is 23.5. The summed E-state index contributed by atoms with van der Waals surface area (Å²) in [6.07, 6.45) is 6.19. The fourth-order valence-corrected chi connectivity index (χ4v) is 7.09. The number of nitrogens with zero attached hydrogens (tertiary/aromatic N) is 1. The molecule has 3 rings (SSSR count). The second-order valence-corrected chi connectivity index (χ2v) is 13.1. The minimum Gasteiger partial charge on any atom is -0.467 e. The van der Waals surface area contributed by atoms with Gasteiger partial charge in [0, 0.05) is 29.9 Å². The minimum atomic E-state index is -0.0105. The highest BCUT2D eigenvalue weighted by Gasteiger charge is 2.36. The Hall–Kier alpha value is -1.41. The molecule has 0 spiro atoms. The summed E-state index contributed by atoms with van der Waals surface area (Å²) in [7, 11) is 2.40. The minimum absolute atomic E-state index is 0.0105. The third kappa shape index (κ3) is 6.88. The summed E-state index contributed by atoms with van der Waals surface area (Å²) in [4.78, 5) is 2.66. The molecule has 3 nitrogen and oxygen atoms in total. The molecule has 0 aliphatic carbocycles. The summed E-state index contributed by atoms with van der Waals surface area (Å²) in [5, 5.41) is 1.54. The molecule has 0 radical (unpaired) electrons. The number of aryl methyl sites for hydroxylation is 2. The lowest BCUT2D eigenvalue weighted by Crippen LogP contribution is -2.31. The van der Waals surface area contributed by atoms with Gasteiger partial charge in [-0.1, -0.05) is 91.1 Å². The van der Waals surface area contributed by atoms with Gasteiger partial charge in [0.1, 0.15) is 5.75 Å². The molecule has 0 aromatic heterocycles. The van der Waals surface area contributed by atoms with E-state index in [4.69, 9.17) is 9.47 Å². The van der Waals surface area contributed by atoms with Crippen molar-refractivity contribution in [1.29, 1.82) is 0 Å². The van der Waals surface area contributed by atoms with Crippen molar-refractivity contribution < 1.29 is 9.47 Å². The van der Waals surface area contributed by atoms with Crippen molar-refractivity contribution in [2.45, 2.75) is 97.7 Å². The average molecular weight is 498 g/mol. The summed E-state index contributed by atoms with van der Waals surface area (Å²) >= 11 is 0. The third-order valence-electron chi connectivity index (χ3n) is 7.56. The number of piperidine rings is 1. The predicted molar refractivity (Wildman–Crippen MR) is 153 cm³/mol. The second kappa shape index (κ2) is 12.2. The van der Waals surface area contributed by atoms with E-state index in [1.54, 1.807) is 7.11 Å². The highest BCUT2D eigenvalue weighted by molar-refractivity contribution is 7.48. The van der Waals surface area contributed by atoms with Crippen LogP contribution in [0.4, 0.5) is 0 Å². The number of ether oxygens (including phenoxy) is 2. The molecule has 1 fully saturated rings. The maximum atomic E-state index is 6.39. The molecule has 2 aromatic rings. The number of hydrogen-bond donors (Lipinski definition) is 0. The van der Waals surface area contributed by atoms with Gasteiger partial charge in [0.05, 0.1) is 0 Å². The smallest absolute Gasteiger partial charge is 0.188 e. The third-order valence-corrected chi connectivity index (χ3v) is 9.77. The Morgan fingerprint density at radius 2 is 1.54 bits per heavy atom. The first kappa shape index (κ1) is 28.2. The van der Waals surface area contributed by atoms with E-state index in [9.17, 15) is 0 Å². The van der Waals surface area contributed by atoms with E-state index in [1.807, 2.05) is 0 Å². The second-order valence-electron chi connectivity index (χ2n) is 11.4. The monoisotopic (exact) mass is 497 g/mol. The largest absolute Gasteiger partial charge is 0.467 e. The van der Waals surface area contributed by atoms with Crippen LogP contribution >= 0.6 is 8.58 Å². The SMILES string of the molecule is CCC(CC)(Pc1ccc(C)cc1CN1CCCCC1)c1cc(C)cc(C(C)(C)C)c1OCOC. The van der Waals surface area contributed by atoms with E-state index in [0.717, 1.165) is 25.1 Å². The average Bonchev–Trinajstić information content (AvgIpc) is 2.83. The molecule has 1 saturated heterocycles. The lowest BCUT2D eigenvalue weighted by atomic mass is 9.80. The molecule has 4 heteroatoms. The lowest BCUT2D eigenvalue weighted by molar-refractivity contribution is 0.0485. The maximum absolute atomic E-state index is 6.39. The van der Waals surface area contributed by atoms with Crippen LogP contribution in [0.5, 0.6) is 5.75 Å². The zero-order chi connectivity index (χ0) is 25.6. The van der Waals surface area contributed by atoms with E-state index in [1.165, 1.54) is 65.5 Å². The summed E-state index contributed by atoms with van der Waals surface area (Å²) in [5.41, 5.74) is 6.80. The highest BCUT2D eigenvalue weighted by Crippen LogP contribution is 2.52. The lowest BCUT2D eigenvalue weighted by Gasteiger charge is -2.37. The molecule has 1 aliphatic heterocycles. The number of hydrogen-bond acceptors (Lipinski definition) is 3. The fraction of sp³-hybridized carbons (Fsp3) is 0.613. The van der Waals surface area contributed by atoms with Crippen molar-refractivity contribution >= 4 is 13.9 Å². The van der Waals surface area contributed by atoms with Crippen molar-refractivity contribution in [3.63, 3.8) is 0 Å². The van der Waals surface area contributed by atoms with Crippen molar-refractivity contribution in [2.24, 2.45) is 0 Å². The Balaban J connectivity index is 2.10. The van der Waals surface area contributed by atoms with Gasteiger partial charge in [-0.25, -0.2) is 0 Å². The van der Waals surface area contributed by atoms with Gasteiger partial charge in [0.15, 0.2) is 6.79 Å². The number of likely N-dealkylation sites (tertiary alicyclic amines) is 1. The van der Waals surface area contributed by atoms with Crippen LogP contribution in [0.3, 0.4) is 0 Å². The van der Waals surface area contributed by atoms with Crippen LogP contribution in [0.25, 0.3) is 0 Å². The fourth-order valence-electron chi connectivity index (χ4n) is 5.43. The number of rotatable bonds is 10.